The summed E-state index contributed by atoms with van der Waals surface area (Å²) in [5, 5.41) is 0. The number of hydrogen-bond donors (Lipinski definition) is 0. The van der Waals surface area contributed by atoms with Crippen molar-refractivity contribution in [1.29, 1.82) is 0 Å². The first kappa shape index (κ1) is 19.2. The SMILES string of the molecule is C[Si](CC(C)(C)C)OC(=O)C12CCC(C1)C([Si]OC(C)(C)C)C2. The quantitative estimate of drug-likeness (QED) is 0.677. The van der Waals surface area contributed by atoms with Gasteiger partial charge in [-0.3, -0.25) is 4.79 Å². The molecule has 0 amide bonds. The average Bonchev–Trinajstić information content (AvgIpc) is 2.92. The van der Waals surface area contributed by atoms with Crippen molar-refractivity contribution in [2.75, 3.05) is 0 Å². The Balaban J connectivity index is 1.91. The van der Waals surface area contributed by atoms with E-state index in [0.29, 0.717) is 21.2 Å². The Hall–Kier alpha value is -0.136. The summed E-state index contributed by atoms with van der Waals surface area (Å²) < 4.78 is 12.0. The van der Waals surface area contributed by atoms with E-state index in [0.717, 1.165) is 25.3 Å². The molecule has 0 aromatic heterocycles. The Kier molecular flexibility index (Phi) is 5.54. The lowest BCUT2D eigenvalue weighted by Crippen LogP contribution is -2.35. The van der Waals surface area contributed by atoms with Crippen molar-refractivity contribution >= 4 is 24.8 Å². The van der Waals surface area contributed by atoms with Crippen LogP contribution in [-0.4, -0.2) is 30.4 Å². The maximum absolute atomic E-state index is 12.8. The van der Waals surface area contributed by atoms with Crippen LogP contribution in [0.15, 0.2) is 0 Å². The fourth-order valence-electron chi connectivity index (χ4n) is 3.99. The van der Waals surface area contributed by atoms with Gasteiger partial charge in [0.05, 0.1) is 5.41 Å². The monoisotopic (exact) mass is 353 g/mol. The molecule has 2 rings (SSSR count). The second-order valence-electron chi connectivity index (χ2n) is 9.76. The summed E-state index contributed by atoms with van der Waals surface area (Å²) in [5.74, 6) is 0.766. The van der Waals surface area contributed by atoms with Crippen molar-refractivity contribution < 1.29 is 13.6 Å². The number of hydrogen-bond acceptors (Lipinski definition) is 3. The Bertz CT molecular complexity index is 439. The zero-order chi connectivity index (χ0) is 17.5. The molecule has 3 nitrogen and oxygen atoms in total. The van der Waals surface area contributed by atoms with Gasteiger partial charge in [-0.15, -0.1) is 0 Å². The lowest BCUT2D eigenvalue weighted by molar-refractivity contribution is -0.145. The smallest absolute Gasteiger partial charge is 0.298 e. The van der Waals surface area contributed by atoms with Crippen LogP contribution in [0.1, 0.15) is 67.2 Å². The van der Waals surface area contributed by atoms with Gasteiger partial charge in [0.1, 0.15) is 0 Å². The van der Waals surface area contributed by atoms with E-state index in [1.54, 1.807) is 0 Å². The number of rotatable bonds is 5. The second kappa shape index (κ2) is 6.64. The molecule has 0 aliphatic heterocycles. The van der Waals surface area contributed by atoms with Crippen LogP contribution in [-0.2, 0) is 13.6 Å². The minimum atomic E-state index is -1.04. The van der Waals surface area contributed by atoms with E-state index in [-0.39, 0.29) is 22.4 Å². The zero-order valence-electron chi connectivity index (χ0n) is 15.9. The fraction of sp³-hybridized carbons (Fsp3) is 0.944. The molecule has 2 saturated carbocycles. The molecule has 2 aliphatic rings. The van der Waals surface area contributed by atoms with E-state index in [1.807, 2.05) is 0 Å². The first-order valence-corrected chi connectivity index (χ1v) is 12.0. The highest BCUT2D eigenvalue weighted by molar-refractivity contribution is 6.52. The molecule has 5 heteroatoms. The van der Waals surface area contributed by atoms with Crippen LogP contribution in [0.25, 0.3) is 0 Å². The summed E-state index contributed by atoms with van der Waals surface area (Å²) in [6.07, 6.45) is 4.21. The van der Waals surface area contributed by atoms with Gasteiger partial charge < -0.3 is 8.85 Å². The van der Waals surface area contributed by atoms with Crippen LogP contribution in [0, 0.1) is 16.7 Å². The van der Waals surface area contributed by atoms with Crippen molar-refractivity contribution in [2.24, 2.45) is 16.7 Å². The predicted molar refractivity (Wildman–Crippen MR) is 96.7 cm³/mol. The molecule has 0 aromatic rings. The molecule has 2 bridgehead atoms. The minimum Gasteiger partial charge on any atom is -0.517 e. The van der Waals surface area contributed by atoms with Crippen LogP contribution >= 0.6 is 0 Å². The molecular weight excluding hydrogens is 320 g/mol. The van der Waals surface area contributed by atoms with Gasteiger partial charge in [0.2, 0.25) is 9.76 Å². The number of fused-ring (bicyclic) bond motifs is 2. The maximum Gasteiger partial charge on any atom is 0.298 e. The lowest BCUT2D eigenvalue weighted by Gasteiger charge is -2.31. The van der Waals surface area contributed by atoms with Crippen LogP contribution in [0.5, 0.6) is 0 Å². The van der Waals surface area contributed by atoms with Gasteiger partial charge >= 0.3 is 0 Å². The van der Waals surface area contributed by atoms with E-state index < -0.39 is 9.04 Å². The predicted octanol–water partition coefficient (Wildman–Crippen LogP) is 4.61. The highest BCUT2D eigenvalue weighted by Gasteiger charge is 2.56. The first-order valence-electron chi connectivity index (χ1n) is 8.89. The van der Waals surface area contributed by atoms with Crippen molar-refractivity contribution in [3.8, 4) is 0 Å². The first-order chi connectivity index (χ1) is 10.4. The summed E-state index contributed by atoms with van der Waals surface area (Å²) in [6, 6.07) is 1.02. The summed E-state index contributed by atoms with van der Waals surface area (Å²) in [7, 11) is -0.527. The van der Waals surface area contributed by atoms with Crippen molar-refractivity contribution in [2.45, 2.75) is 91.0 Å². The molecule has 0 saturated heterocycles. The van der Waals surface area contributed by atoms with E-state index >= 15 is 0 Å². The van der Waals surface area contributed by atoms with Gasteiger partial charge in [-0.2, -0.15) is 0 Å². The summed E-state index contributed by atoms with van der Waals surface area (Å²) in [4.78, 5) is 12.8. The standard InChI is InChI=1S/C18H33O3Si2/c1-16(2,3)12-23(7)20-15(19)18-9-8-13(10-18)14(11-18)22-21-17(4,5)6/h13-14H,8-12H2,1-7H3. The van der Waals surface area contributed by atoms with Crippen LogP contribution in [0.4, 0.5) is 0 Å². The minimum absolute atomic E-state index is 0.0831. The van der Waals surface area contributed by atoms with Crippen LogP contribution in [0.2, 0.25) is 18.1 Å². The molecule has 0 aromatic carbocycles. The molecule has 23 heavy (non-hydrogen) atoms. The summed E-state index contributed by atoms with van der Waals surface area (Å²) in [6.45, 7) is 15.1. The average molecular weight is 354 g/mol. The summed E-state index contributed by atoms with van der Waals surface area (Å²) in [5.41, 5.74) is 0.526. The molecule has 3 atom stereocenters. The van der Waals surface area contributed by atoms with Gasteiger partial charge in [-0.1, -0.05) is 20.8 Å². The fourth-order valence-corrected chi connectivity index (χ4v) is 7.55. The third kappa shape index (κ3) is 5.17. The van der Waals surface area contributed by atoms with Gasteiger partial charge in [-0.05, 0) is 75.9 Å². The van der Waals surface area contributed by atoms with E-state index in [9.17, 15) is 4.79 Å². The molecular formula is C18H33O3Si2. The van der Waals surface area contributed by atoms with E-state index in [4.69, 9.17) is 8.85 Å². The normalized spacial score (nSPS) is 31.0. The Morgan fingerprint density at radius 3 is 2.43 bits per heavy atom. The second-order valence-corrected chi connectivity index (χ2v) is 12.9. The largest absolute Gasteiger partial charge is 0.517 e. The van der Waals surface area contributed by atoms with Gasteiger partial charge in [0, 0.05) is 5.60 Å². The van der Waals surface area contributed by atoms with Crippen molar-refractivity contribution in [3.63, 3.8) is 0 Å². The lowest BCUT2D eigenvalue weighted by atomic mass is 9.84. The highest BCUT2D eigenvalue weighted by atomic mass is 28.3. The molecule has 131 valence electrons. The molecule has 0 heterocycles. The molecule has 2 fully saturated rings. The third-order valence-corrected chi connectivity index (χ3v) is 8.62. The zero-order valence-corrected chi connectivity index (χ0v) is 17.9. The maximum atomic E-state index is 12.8. The highest BCUT2D eigenvalue weighted by Crippen LogP contribution is 2.60. The molecule has 3 unspecified atom stereocenters. The van der Waals surface area contributed by atoms with Crippen molar-refractivity contribution in [1.82, 2.24) is 0 Å². The Labute approximate surface area is 146 Å². The van der Waals surface area contributed by atoms with Gasteiger partial charge in [0.25, 0.3) is 15.0 Å². The number of carbonyl (C=O) groups is 1. The molecule has 0 spiro atoms. The topological polar surface area (TPSA) is 35.5 Å². The van der Waals surface area contributed by atoms with E-state index in [1.165, 1.54) is 6.42 Å². The van der Waals surface area contributed by atoms with Crippen molar-refractivity contribution in [3.05, 3.63) is 0 Å². The molecule has 2 aliphatic carbocycles. The van der Waals surface area contributed by atoms with Crippen LogP contribution < -0.4 is 0 Å². The Morgan fingerprint density at radius 2 is 1.87 bits per heavy atom. The Morgan fingerprint density at radius 1 is 1.22 bits per heavy atom. The number of carbonyl (C=O) groups excluding carboxylic acids is 1. The van der Waals surface area contributed by atoms with E-state index in [2.05, 4.69) is 48.1 Å². The van der Waals surface area contributed by atoms with Gasteiger partial charge in [0.15, 0.2) is 0 Å². The summed E-state index contributed by atoms with van der Waals surface area (Å²) >= 11 is 0. The molecule has 3 radical (unpaired) electrons. The molecule has 0 N–H and O–H groups in total. The van der Waals surface area contributed by atoms with Gasteiger partial charge in [-0.25, -0.2) is 0 Å². The third-order valence-electron chi connectivity index (χ3n) is 4.82. The van der Waals surface area contributed by atoms with Crippen LogP contribution in [0.3, 0.4) is 0 Å².